The second-order valence-corrected chi connectivity index (χ2v) is 22.3. The van der Waals surface area contributed by atoms with Crippen LogP contribution in [0.3, 0.4) is 0 Å². The molecule has 0 aliphatic carbocycles. The van der Waals surface area contributed by atoms with Crippen LogP contribution in [0, 0.1) is 0 Å². The summed E-state index contributed by atoms with van der Waals surface area (Å²) >= 11 is 0. The Hall–Kier alpha value is -2.85. The van der Waals surface area contributed by atoms with Crippen molar-refractivity contribution in [2.75, 3.05) is 39.6 Å². The van der Waals surface area contributed by atoms with E-state index in [0.717, 1.165) is 39.5 Å². The number of carbonyl (C=O) groups is 3. The van der Waals surface area contributed by atoms with Crippen LogP contribution in [0.2, 0.25) is 0 Å². The van der Waals surface area contributed by atoms with Crippen LogP contribution in [0.1, 0.15) is 105 Å². The van der Waals surface area contributed by atoms with Crippen molar-refractivity contribution < 1.29 is 138 Å². The van der Waals surface area contributed by atoms with E-state index < -0.39 is 223 Å². The normalized spacial score (nSPS) is 39.7. The summed E-state index contributed by atoms with van der Waals surface area (Å²) in [5.74, 6) is -2.01. The van der Waals surface area contributed by atoms with E-state index in [1.165, 1.54) is 57.9 Å². The number of allylic oxidation sites excluding steroid dienone is 1. The van der Waals surface area contributed by atoms with Gasteiger partial charge < -0.3 is 140 Å². The minimum absolute atomic E-state index is 0.448. The smallest absolute Gasteiger partial charge is 0.217 e. The maximum atomic E-state index is 12.7. The number of hydrogen-bond acceptors (Lipinski definition) is 28. The third-order valence-electron chi connectivity index (χ3n) is 15.6. The first kappa shape index (κ1) is 72.9. The lowest BCUT2D eigenvalue weighted by molar-refractivity contribution is -0.382. The van der Waals surface area contributed by atoms with E-state index in [0.29, 0.717) is 6.42 Å². The van der Waals surface area contributed by atoms with E-state index in [4.69, 9.17) is 47.4 Å². The largest absolute Gasteiger partial charge is 0.394 e. The third kappa shape index (κ3) is 20.3. The van der Waals surface area contributed by atoms with Gasteiger partial charge >= 0.3 is 0 Å². The van der Waals surface area contributed by atoms with E-state index in [-0.39, 0.29) is 0 Å². The van der Waals surface area contributed by atoms with E-state index in [1.54, 1.807) is 6.08 Å². The Morgan fingerprint density at radius 2 is 0.894 bits per heavy atom. The van der Waals surface area contributed by atoms with E-state index >= 15 is 0 Å². The second kappa shape index (κ2) is 36.1. The molecule has 0 radical (unpaired) electrons. The molecule has 494 valence electrons. The molecule has 3 amide bonds. The number of hydrogen-bond donors (Lipinski definition) is 18. The molecule has 31 nitrogen and oxygen atoms in total. The Morgan fingerprint density at radius 3 is 1.45 bits per heavy atom. The summed E-state index contributed by atoms with van der Waals surface area (Å²) in [5, 5.41) is 171. The van der Waals surface area contributed by atoms with Crippen LogP contribution in [0.15, 0.2) is 12.2 Å². The summed E-state index contributed by atoms with van der Waals surface area (Å²) in [6.07, 6.45) is -26.6. The quantitative estimate of drug-likeness (QED) is 0.0215. The fraction of sp³-hybridized carbons (Fsp3) is 0.907. The average molecular weight is 1230 g/mol. The molecule has 0 unspecified atom stereocenters. The average Bonchev–Trinajstić information content (AvgIpc) is 1.92. The molecule has 5 heterocycles. The van der Waals surface area contributed by atoms with Gasteiger partial charge in [-0.15, -0.1) is 0 Å². The molecule has 5 saturated heterocycles. The Morgan fingerprint density at radius 1 is 0.447 bits per heavy atom. The van der Waals surface area contributed by atoms with Crippen LogP contribution in [-0.4, -0.2) is 300 Å². The van der Waals surface area contributed by atoms with Gasteiger partial charge in [0.1, 0.15) is 122 Å². The Balaban J connectivity index is 1.21. The van der Waals surface area contributed by atoms with Gasteiger partial charge in [0.2, 0.25) is 17.7 Å². The highest BCUT2D eigenvalue weighted by molar-refractivity contribution is 5.74. The van der Waals surface area contributed by atoms with Crippen molar-refractivity contribution in [1.82, 2.24) is 16.0 Å². The Kier molecular flexibility index (Phi) is 31.0. The van der Waals surface area contributed by atoms with Crippen LogP contribution >= 0.6 is 0 Å². The molecule has 5 aliphatic rings. The maximum Gasteiger partial charge on any atom is 0.217 e. The standard InChI is InChI=1S/C54H95N3O28/c1-5-6-7-8-9-10-11-12-13-14-15-16-17-18-29(65)28(55-25(2)62)23-76-52-45(74)43(72)48(33(22-61)81-52)84-54-46(75)49(39(68)31(20-59)79-54)85-51-36(57-27(4)64)41(70)47(32(21-60)80-51)83-53-44(73)42(71)38(67)34(82-53)24-77-50-35(56-26(3)63)40(69)37(66)30(19-58)78-50/h17-18,28-54,58-61,65-75H,5-16,19-24H2,1-4H3,(H,55,62)(H,56,63)(H,57,64)/b18-17+/t28-,29+,30+,31+,32+,33+,34+,35+,36+,37+,38-,39-,40+,41+,42-,43+,44+,45+,46+,47+,48+,49-,50+,51-,52+,53-,54-/m0/s1. The van der Waals surface area contributed by atoms with Gasteiger partial charge in [-0.05, 0) is 12.8 Å². The molecule has 27 atom stereocenters. The maximum absolute atomic E-state index is 12.7. The highest BCUT2D eigenvalue weighted by Crippen LogP contribution is 2.35. The Bertz CT molecular complexity index is 1990. The molecular formula is C54H95N3O28. The van der Waals surface area contributed by atoms with Crippen molar-refractivity contribution in [3.63, 3.8) is 0 Å². The molecule has 0 saturated carbocycles. The summed E-state index contributed by atoms with van der Waals surface area (Å²) in [6.45, 7) is 0.666. The van der Waals surface area contributed by atoms with Gasteiger partial charge in [-0.1, -0.05) is 83.3 Å². The monoisotopic (exact) mass is 1230 g/mol. The molecule has 18 N–H and O–H groups in total. The number of ether oxygens (including phenoxy) is 10. The highest BCUT2D eigenvalue weighted by atomic mass is 16.8. The van der Waals surface area contributed by atoms with Crippen LogP contribution in [0.5, 0.6) is 0 Å². The summed E-state index contributed by atoms with van der Waals surface area (Å²) in [4.78, 5) is 36.7. The Labute approximate surface area is 493 Å². The zero-order valence-corrected chi connectivity index (χ0v) is 48.5. The van der Waals surface area contributed by atoms with Gasteiger partial charge in [0.15, 0.2) is 31.5 Å². The molecule has 85 heavy (non-hydrogen) atoms. The summed E-state index contributed by atoms with van der Waals surface area (Å²) in [6, 6.07) is -4.23. The first-order valence-electron chi connectivity index (χ1n) is 29.4. The molecule has 0 spiro atoms. The molecule has 0 aromatic heterocycles. The van der Waals surface area contributed by atoms with Crippen molar-refractivity contribution >= 4 is 17.7 Å². The molecule has 0 aromatic carbocycles. The number of nitrogens with one attached hydrogen (secondary N) is 3. The van der Waals surface area contributed by atoms with Gasteiger partial charge in [-0.3, -0.25) is 14.4 Å². The van der Waals surface area contributed by atoms with Crippen LogP contribution in [0.25, 0.3) is 0 Å². The van der Waals surface area contributed by atoms with Crippen molar-refractivity contribution in [3.8, 4) is 0 Å². The number of aliphatic hydroxyl groups is 15. The predicted octanol–water partition coefficient (Wildman–Crippen LogP) is -6.49. The predicted molar refractivity (Wildman–Crippen MR) is 287 cm³/mol. The molecule has 5 fully saturated rings. The molecule has 0 aromatic rings. The van der Waals surface area contributed by atoms with Crippen molar-refractivity contribution in [2.24, 2.45) is 0 Å². The summed E-state index contributed by atoms with van der Waals surface area (Å²) in [5.41, 5.74) is 0. The SMILES string of the molecule is CCCCCCCCCCCCC/C=C/[C@@H](O)[C@H](CO[C@@H]1O[C@H](CO)[C@@H](O[C@@H]2O[C@H](CO)[C@H](O)[C@H](O[C@@H]3O[C@H](CO)[C@@H](O[C@@H]4O[C@H](CO[C@@H]5O[C@H](CO)[C@@H](O)[C@H](O)[C@H]5NC(C)=O)[C@H](O)[C@H](O)[C@H]4O)[C@H](O)[C@H]3NC(C)=O)[C@H]2O)[C@H](O)[C@H]1O)NC(C)=O. The van der Waals surface area contributed by atoms with Gasteiger partial charge in [-0.25, -0.2) is 0 Å². The van der Waals surface area contributed by atoms with Crippen LogP contribution in [-0.2, 0) is 61.8 Å². The van der Waals surface area contributed by atoms with Crippen LogP contribution < -0.4 is 16.0 Å². The first-order valence-corrected chi connectivity index (χ1v) is 29.4. The van der Waals surface area contributed by atoms with Gasteiger partial charge in [0.05, 0.1) is 51.8 Å². The zero-order valence-electron chi connectivity index (χ0n) is 48.5. The van der Waals surface area contributed by atoms with Crippen molar-refractivity contribution in [2.45, 2.75) is 270 Å². The molecule has 5 aliphatic heterocycles. The number of carbonyl (C=O) groups excluding carboxylic acids is 3. The first-order chi connectivity index (χ1) is 40.5. The fourth-order valence-corrected chi connectivity index (χ4v) is 10.8. The minimum atomic E-state index is -2.15. The molecule has 5 rings (SSSR count). The lowest BCUT2D eigenvalue weighted by Crippen LogP contribution is -2.70. The minimum Gasteiger partial charge on any atom is -0.394 e. The number of aliphatic hydroxyl groups excluding tert-OH is 15. The molecular weight excluding hydrogens is 1140 g/mol. The lowest BCUT2D eigenvalue weighted by atomic mass is 9.94. The van der Waals surface area contributed by atoms with Gasteiger partial charge in [-0.2, -0.15) is 0 Å². The second-order valence-electron chi connectivity index (χ2n) is 22.3. The molecule has 31 heteroatoms. The lowest BCUT2D eigenvalue weighted by Gasteiger charge is -2.50. The summed E-state index contributed by atoms with van der Waals surface area (Å²) < 4.78 is 57.9. The van der Waals surface area contributed by atoms with E-state index in [2.05, 4.69) is 22.9 Å². The van der Waals surface area contributed by atoms with Crippen LogP contribution in [0.4, 0.5) is 0 Å². The molecule has 0 bridgehead atoms. The topological polar surface area (TPSA) is 483 Å². The highest BCUT2D eigenvalue weighted by Gasteiger charge is 2.56. The van der Waals surface area contributed by atoms with E-state index in [9.17, 15) is 91.0 Å². The van der Waals surface area contributed by atoms with E-state index in [1.807, 2.05) is 0 Å². The number of rotatable bonds is 33. The third-order valence-corrected chi connectivity index (χ3v) is 15.6. The fourth-order valence-electron chi connectivity index (χ4n) is 10.8. The number of unbranched alkanes of at least 4 members (excludes halogenated alkanes) is 11. The van der Waals surface area contributed by atoms with Gasteiger partial charge in [0, 0.05) is 20.8 Å². The van der Waals surface area contributed by atoms with Crippen molar-refractivity contribution in [3.05, 3.63) is 12.2 Å². The van der Waals surface area contributed by atoms with Crippen molar-refractivity contribution in [1.29, 1.82) is 0 Å². The zero-order chi connectivity index (χ0) is 62.7. The van der Waals surface area contributed by atoms with Gasteiger partial charge in [0.25, 0.3) is 0 Å². The summed E-state index contributed by atoms with van der Waals surface area (Å²) in [7, 11) is 0. The number of amides is 3.